The van der Waals surface area contributed by atoms with Gasteiger partial charge in [0, 0.05) is 30.7 Å². The van der Waals surface area contributed by atoms with Crippen LogP contribution < -0.4 is 0 Å². The monoisotopic (exact) mass is 396 g/mol. The van der Waals surface area contributed by atoms with Gasteiger partial charge in [-0.3, -0.25) is 20.0 Å². The minimum absolute atomic E-state index is 0.676. The fourth-order valence-electron chi connectivity index (χ4n) is 4.11. The van der Waals surface area contributed by atoms with Gasteiger partial charge >= 0.3 is 0 Å². The van der Waals surface area contributed by atoms with Crippen molar-refractivity contribution >= 4 is 22.1 Å². The summed E-state index contributed by atoms with van der Waals surface area (Å²) in [6, 6.07) is 8.10. The number of nitrogens with zero attached hydrogens (tertiary/aromatic N) is 6. The molecule has 6 rings (SSSR count). The molecule has 5 aromatic rings. The molecule has 1 aliphatic rings. The molecule has 0 aliphatic carbocycles. The topological polar surface area (TPSA) is 99.3 Å². The standard InChI is InChI=1S/C22H20N8/c1-2-8-30(7-1)13-14-9-15(11-24-10-14)16-3-4-18-20(25-16)21(29-28-18)22-26-17-5-6-23-12-19(17)27-22/h3-6,9-12H,1-2,7-8,13H2,(H,26,27)(H,28,29). The zero-order valence-electron chi connectivity index (χ0n) is 16.3. The summed E-state index contributed by atoms with van der Waals surface area (Å²) in [5, 5.41) is 7.52. The van der Waals surface area contributed by atoms with E-state index in [1.54, 1.807) is 12.4 Å². The number of pyridine rings is 3. The van der Waals surface area contributed by atoms with Gasteiger partial charge in [0.15, 0.2) is 11.5 Å². The number of aromatic nitrogens is 7. The van der Waals surface area contributed by atoms with Gasteiger partial charge < -0.3 is 4.98 Å². The van der Waals surface area contributed by atoms with Crippen LogP contribution in [-0.2, 0) is 6.54 Å². The predicted molar refractivity (Wildman–Crippen MR) is 115 cm³/mol. The van der Waals surface area contributed by atoms with Crippen molar-refractivity contribution in [1.82, 2.24) is 40.0 Å². The van der Waals surface area contributed by atoms with E-state index in [2.05, 4.69) is 41.1 Å². The van der Waals surface area contributed by atoms with E-state index in [-0.39, 0.29) is 0 Å². The average molecular weight is 396 g/mol. The Kier molecular flexibility index (Phi) is 4.02. The van der Waals surface area contributed by atoms with Crippen LogP contribution in [0.3, 0.4) is 0 Å². The first-order valence-electron chi connectivity index (χ1n) is 10.2. The van der Waals surface area contributed by atoms with Crippen LogP contribution in [0.2, 0.25) is 0 Å². The Morgan fingerprint density at radius 2 is 1.87 bits per heavy atom. The summed E-state index contributed by atoms with van der Waals surface area (Å²) in [5.41, 5.74) is 7.17. The number of hydrogen-bond donors (Lipinski definition) is 2. The van der Waals surface area contributed by atoms with E-state index in [4.69, 9.17) is 4.98 Å². The fraction of sp³-hybridized carbons (Fsp3) is 0.227. The molecule has 0 amide bonds. The first-order valence-corrected chi connectivity index (χ1v) is 10.2. The number of rotatable bonds is 4. The number of nitrogens with one attached hydrogen (secondary N) is 2. The van der Waals surface area contributed by atoms with Crippen LogP contribution in [0.1, 0.15) is 18.4 Å². The molecule has 0 spiro atoms. The van der Waals surface area contributed by atoms with Crippen molar-refractivity contribution in [2.45, 2.75) is 19.4 Å². The Balaban J connectivity index is 1.39. The van der Waals surface area contributed by atoms with Crippen molar-refractivity contribution in [3.63, 3.8) is 0 Å². The second kappa shape index (κ2) is 7.00. The lowest BCUT2D eigenvalue weighted by Crippen LogP contribution is -2.18. The zero-order chi connectivity index (χ0) is 19.9. The second-order valence-electron chi connectivity index (χ2n) is 7.71. The lowest BCUT2D eigenvalue weighted by Gasteiger charge is -2.14. The maximum absolute atomic E-state index is 4.90. The van der Waals surface area contributed by atoms with Gasteiger partial charge in [-0.25, -0.2) is 9.97 Å². The van der Waals surface area contributed by atoms with E-state index in [0.29, 0.717) is 11.5 Å². The third-order valence-corrected chi connectivity index (χ3v) is 5.61. The highest BCUT2D eigenvalue weighted by Crippen LogP contribution is 2.27. The number of aromatic amines is 2. The fourth-order valence-corrected chi connectivity index (χ4v) is 4.11. The minimum atomic E-state index is 0.676. The van der Waals surface area contributed by atoms with Gasteiger partial charge in [-0.15, -0.1) is 0 Å². The second-order valence-corrected chi connectivity index (χ2v) is 7.71. The van der Waals surface area contributed by atoms with E-state index in [1.807, 2.05) is 30.6 Å². The molecule has 0 saturated carbocycles. The van der Waals surface area contributed by atoms with Gasteiger partial charge in [-0.1, -0.05) is 0 Å². The van der Waals surface area contributed by atoms with Gasteiger partial charge in [-0.05, 0) is 55.8 Å². The number of fused-ring (bicyclic) bond motifs is 2. The SMILES string of the molecule is c1cc2[nH]c(-c3n[nH]c4ccc(-c5cncc(CN6CCCC6)c5)nc34)nc2cn1. The highest BCUT2D eigenvalue weighted by molar-refractivity contribution is 5.91. The maximum Gasteiger partial charge on any atom is 0.161 e. The van der Waals surface area contributed by atoms with Gasteiger partial charge in [0.2, 0.25) is 0 Å². The summed E-state index contributed by atoms with van der Waals surface area (Å²) in [4.78, 5) is 23.9. The largest absolute Gasteiger partial charge is 0.336 e. The van der Waals surface area contributed by atoms with Crippen molar-refractivity contribution in [2.75, 3.05) is 13.1 Å². The number of likely N-dealkylation sites (tertiary alicyclic amines) is 1. The van der Waals surface area contributed by atoms with E-state index >= 15 is 0 Å². The summed E-state index contributed by atoms with van der Waals surface area (Å²) in [6.45, 7) is 3.27. The first kappa shape index (κ1) is 17.2. The van der Waals surface area contributed by atoms with E-state index in [0.717, 1.165) is 39.9 Å². The van der Waals surface area contributed by atoms with Crippen molar-refractivity contribution < 1.29 is 0 Å². The molecule has 30 heavy (non-hydrogen) atoms. The molecule has 1 saturated heterocycles. The summed E-state index contributed by atoms with van der Waals surface area (Å²) in [5.74, 6) is 0.676. The van der Waals surface area contributed by atoms with Crippen LogP contribution >= 0.6 is 0 Å². The Morgan fingerprint density at radius 1 is 0.933 bits per heavy atom. The molecule has 0 aromatic carbocycles. The third-order valence-electron chi connectivity index (χ3n) is 5.61. The number of H-pyrrole nitrogens is 2. The van der Waals surface area contributed by atoms with Crippen molar-refractivity contribution in [2.24, 2.45) is 0 Å². The molecule has 0 unspecified atom stereocenters. The molecule has 2 N–H and O–H groups in total. The minimum Gasteiger partial charge on any atom is -0.336 e. The van der Waals surface area contributed by atoms with Crippen LogP contribution in [0.15, 0.2) is 49.1 Å². The number of hydrogen-bond acceptors (Lipinski definition) is 6. The van der Waals surface area contributed by atoms with Crippen LogP contribution in [0.4, 0.5) is 0 Å². The highest BCUT2D eigenvalue weighted by atomic mass is 15.2. The van der Waals surface area contributed by atoms with Crippen molar-refractivity contribution in [3.8, 4) is 22.8 Å². The van der Waals surface area contributed by atoms with Crippen LogP contribution in [0.25, 0.3) is 44.8 Å². The lowest BCUT2D eigenvalue weighted by atomic mass is 10.1. The molecular weight excluding hydrogens is 376 g/mol. The molecule has 5 aromatic heterocycles. The molecule has 0 bridgehead atoms. The molecule has 1 fully saturated rings. The van der Waals surface area contributed by atoms with E-state index < -0.39 is 0 Å². The quantitative estimate of drug-likeness (QED) is 0.482. The summed E-state index contributed by atoms with van der Waals surface area (Å²) in [6.07, 6.45) is 9.87. The predicted octanol–water partition coefficient (Wildman–Crippen LogP) is 3.55. The van der Waals surface area contributed by atoms with Gasteiger partial charge in [0.25, 0.3) is 0 Å². The summed E-state index contributed by atoms with van der Waals surface area (Å²) in [7, 11) is 0. The van der Waals surface area contributed by atoms with Crippen molar-refractivity contribution in [1.29, 1.82) is 0 Å². The third kappa shape index (κ3) is 3.02. The average Bonchev–Trinajstić information content (AvgIpc) is 3.52. The smallest absolute Gasteiger partial charge is 0.161 e. The molecule has 0 radical (unpaired) electrons. The van der Waals surface area contributed by atoms with Gasteiger partial charge in [0.1, 0.15) is 11.0 Å². The Bertz CT molecular complexity index is 1310. The molecule has 8 heteroatoms. The van der Waals surface area contributed by atoms with E-state index in [1.165, 1.54) is 31.5 Å². The highest BCUT2D eigenvalue weighted by Gasteiger charge is 2.16. The Labute approximate surface area is 172 Å². The molecule has 0 atom stereocenters. The number of imidazole rings is 1. The van der Waals surface area contributed by atoms with Crippen LogP contribution in [0.5, 0.6) is 0 Å². The Morgan fingerprint density at radius 3 is 2.77 bits per heavy atom. The van der Waals surface area contributed by atoms with E-state index in [9.17, 15) is 0 Å². The molecule has 6 heterocycles. The molecule has 1 aliphatic heterocycles. The first-order chi connectivity index (χ1) is 14.8. The summed E-state index contributed by atoms with van der Waals surface area (Å²) < 4.78 is 0. The van der Waals surface area contributed by atoms with Gasteiger partial charge in [0.05, 0.1) is 22.9 Å². The van der Waals surface area contributed by atoms with Crippen LogP contribution in [-0.4, -0.2) is 53.1 Å². The molecular formula is C22H20N8. The molecule has 148 valence electrons. The molecule has 8 nitrogen and oxygen atoms in total. The lowest BCUT2D eigenvalue weighted by molar-refractivity contribution is 0.331. The summed E-state index contributed by atoms with van der Waals surface area (Å²) >= 11 is 0. The maximum atomic E-state index is 4.90. The van der Waals surface area contributed by atoms with Gasteiger partial charge in [-0.2, -0.15) is 5.10 Å². The van der Waals surface area contributed by atoms with Crippen molar-refractivity contribution in [3.05, 3.63) is 54.6 Å². The normalized spacial score (nSPS) is 14.8. The van der Waals surface area contributed by atoms with Crippen LogP contribution in [0, 0.1) is 0 Å². The Hall–Kier alpha value is -3.65. The zero-order valence-corrected chi connectivity index (χ0v) is 16.3.